The van der Waals surface area contributed by atoms with Crippen LogP contribution in [0.3, 0.4) is 0 Å². The highest BCUT2D eigenvalue weighted by atomic mass is 79.9. The molecule has 2 aromatic rings. The van der Waals surface area contributed by atoms with E-state index in [-0.39, 0.29) is 0 Å². The van der Waals surface area contributed by atoms with Gasteiger partial charge in [0.15, 0.2) is 0 Å². The van der Waals surface area contributed by atoms with Crippen LogP contribution in [0.25, 0.3) is 0 Å². The zero-order valence-corrected chi connectivity index (χ0v) is 12.2. The Morgan fingerprint density at radius 2 is 2.22 bits per heavy atom. The van der Waals surface area contributed by atoms with E-state index in [9.17, 15) is 0 Å². The van der Waals surface area contributed by atoms with Gasteiger partial charge in [-0.3, -0.25) is 4.68 Å². The highest BCUT2D eigenvalue weighted by molar-refractivity contribution is 9.10. The number of rotatable bonds is 4. The van der Waals surface area contributed by atoms with Crippen LogP contribution in [-0.4, -0.2) is 14.8 Å². The number of halogens is 1. The van der Waals surface area contributed by atoms with Crippen LogP contribution in [0, 0.1) is 0 Å². The van der Waals surface area contributed by atoms with Crippen LogP contribution in [0.15, 0.2) is 35.1 Å². The lowest BCUT2D eigenvalue weighted by molar-refractivity contribution is 0.457. The summed E-state index contributed by atoms with van der Waals surface area (Å²) in [5, 5.41) is 4.17. The van der Waals surface area contributed by atoms with Crippen molar-refractivity contribution in [1.82, 2.24) is 14.8 Å². The van der Waals surface area contributed by atoms with Gasteiger partial charge in [-0.05, 0) is 31.5 Å². The van der Waals surface area contributed by atoms with E-state index in [1.165, 1.54) is 0 Å². The van der Waals surface area contributed by atoms with Gasteiger partial charge in [0.2, 0.25) is 0 Å². The maximum atomic E-state index is 6.42. The number of aromatic nitrogens is 3. The summed E-state index contributed by atoms with van der Waals surface area (Å²) >= 11 is 3.47. The first-order chi connectivity index (χ1) is 8.53. The third-order valence-corrected chi connectivity index (χ3v) is 3.50. The lowest BCUT2D eigenvalue weighted by Crippen LogP contribution is -2.36. The molecule has 0 spiro atoms. The van der Waals surface area contributed by atoms with Gasteiger partial charge in [0.05, 0.1) is 0 Å². The Balaban J connectivity index is 2.26. The van der Waals surface area contributed by atoms with Gasteiger partial charge in [0.25, 0.3) is 0 Å². The molecule has 0 bridgehead atoms. The Morgan fingerprint density at radius 1 is 1.44 bits per heavy atom. The van der Waals surface area contributed by atoms with E-state index >= 15 is 0 Å². The first-order valence-electron chi connectivity index (χ1n) is 5.94. The Labute approximate surface area is 115 Å². The lowest BCUT2D eigenvalue weighted by atomic mass is 9.89. The summed E-state index contributed by atoms with van der Waals surface area (Å²) in [5.41, 5.74) is 7.05. The molecule has 0 amide bonds. The maximum Gasteiger partial charge on any atom is 0.138 e. The topological polar surface area (TPSA) is 56.7 Å². The summed E-state index contributed by atoms with van der Waals surface area (Å²) in [6.45, 7) is 4.87. The quantitative estimate of drug-likeness (QED) is 0.944. The molecule has 2 rings (SSSR count). The lowest BCUT2D eigenvalue weighted by Gasteiger charge is -2.25. The summed E-state index contributed by atoms with van der Waals surface area (Å²) in [6, 6.07) is 8.08. The van der Waals surface area contributed by atoms with Gasteiger partial charge in [0, 0.05) is 23.0 Å². The first kappa shape index (κ1) is 13.2. The Hall–Kier alpha value is -1.20. The minimum absolute atomic E-state index is 0.455. The van der Waals surface area contributed by atoms with Gasteiger partial charge in [-0.25, -0.2) is 4.98 Å². The van der Waals surface area contributed by atoms with E-state index in [4.69, 9.17) is 5.73 Å². The maximum absolute atomic E-state index is 6.42. The average molecular weight is 309 g/mol. The molecule has 1 heterocycles. The van der Waals surface area contributed by atoms with Crippen LogP contribution in [0.4, 0.5) is 0 Å². The Bertz CT molecular complexity index is 533. The summed E-state index contributed by atoms with van der Waals surface area (Å²) in [5.74, 6) is 0.919. The molecule has 0 saturated carbocycles. The largest absolute Gasteiger partial charge is 0.321 e. The van der Waals surface area contributed by atoms with Gasteiger partial charge in [-0.2, -0.15) is 5.10 Å². The number of hydrogen-bond donors (Lipinski definition) is 1. The molecule has 1 aromatic heterocycles. The molecule has 5 heteroatoms. The van der Waals surface area contributed by atoms with Crippen molar-refractivity contribution in [3.8, 4) is 0 Å². The van der Waals surface area contributed by atoms with E-state index < -0.39 is 5.54 Å². The molecule has 96 valence electrons. The van der Waals surface area contributed by atoms with Crippen LogP contribution < -0.4 is 5.73 Å². The Morgan fingerprint density at radius 3 is 2.89 bits per heavy atom. The molecule has 18 heavy (non-hydrogen) atoms. The smallest absolute Gasteiger partial charge is 0.138 e. The van der Waals surface area contributed by atoms with Gasteiger partial charge < -0.3 is 5.73 Å². The van der Waals surface area contributed by atoms with Crippen molar-refractivity contribution in [2.45, 2.75) is 32.4 Å². The molecule has 0 saturated heterocycles. The van der Waals surface area contributed by atoms with Crippen molar-refractivity contribution in [3.05, 3.63) is 46.5 Å². The molecule has 0 aliphatic rings. The van der Waals surface area contributed by atoms with Crippen molar-refractivity contribution in [1.29, 1.82) is 0 Å². The fourth-order valence-corrected chi connectivity index (χ4v) is 2.36. The first-order valence-corrected chi connectivity index (χ1v) is 6.74. The SMILES string of the molecule is CCn1ncnc1CC(C)(N)c1cccc(Br)c1. The van der Waals surface area contributed by atoms with Gasteiger partial charge in [0.1, 0.15) is 12.2 Å². The zero-order valence-electron chi connectivity index (χ0n) is 10.6. The van der Waals surface area contributed by atoms with Crippen molar-refractivity contribution >= 4 is 15.9 Å². The molecule has 1 unspecified atom stereocenters. The molecule has 1 aromatic carbocycles. The number of nitrogens with zero attached hydrogens (tertiary/aromatic N) is 3. The van der Waals surface area contributed by atoms with Crippen LogP contribution >= 0.6 is 15.9 Å². The van der Waals surface area contributed by atoms with Crippen LogP contribution in [0.1, 0.15) is 25.2 Å². The normalized spacial score (nSPS) is 14.4. The van der Waals surface area contributed by atoms with Crippen molar-refractivity contribution in [2.24, 2.45) is 5.73 Å². The molecule has 0 aliphatic heterocycles. The molecule has 1 atom stereocenters. The molecule has 0 aliphatic carbocycles. The molecular weight excluding hydrogens is 292 g/mol. The van der Waals surface area contributed by atoms with E-state index in [1.807, 2.05) is 42.8 Å². The fourth-order valence-electron chi connectivity index (χ4n) is 1.96. The van der Waals surface area contributed by atoms with E-state index in [0.29, 0.717) is 6.42 Å². The summed E-state index contributed by atoms with van der Waals surface area (Å²) in [4.78, 5) is 4.28. The third-order valence-electron chi connectivity index (χ3n) is 3.00. The van der Waals surface area contributed by atoms with Gasteiger partial charge in [-0.15, -0.1) is 0 Å². The monoisotopic (exact) mass is 308 g/mol. The number of benzene rings is 1. The van der Waals surface area contributed by atoms with Crippen molar-refractivity contribution < 1.29 is 0 Å². The van der Waals surface area contributed by atoms with Gasteiger partial charge >= 0.3 is 0 Å². The standard InChI is InChI=1S/C13H17BrN4/c1-3-18-12(16-9-17-18)8-13(2,15)10-5-4-6-11(14)7-10/h4-7,9H,3,8,15H2,1-2H3. The van der Waals surface area contributed by atoms with Crippen LogP contribution in [-0.2, 0) is 18.5 Å². The second-order valence-corrected chi connectivity index (χ2v) is 5.51. The predicted molar refractivity (Wildman–Crippen MR) is 75.1 cm³/mol. The number of nitrogens with two attached hydrogens (primary N) is 1. The van der Waals surface area contributed by atoms with Crippen molar-refractivity contribution in [3.63, 3.8) is 0 Å². The number of hydrogen-bond acceptors (Lipinski definition) is 3. The third kappa shape index (κ3) is 2.79. The second-order valence-electron chi connectivity index (χ2n) is 4.60. The number of aryl methyl sites for hydroxylation is 1. The molecular formula is C13H17BrN4. The predicted octanol–water partition coefficient (Wildman–Crippen LogP) is 2.48. The summed E-state index contributed by atoms with van der Waals surface area (Å²) in [6.07, 6.45) is 2.24. The van der Waals surface area contributed by atoms with Crippen LogP contribution in [0.5, 0.6) is 0 Å². The second kappa shape index (κ2) is 5.20. The fraction of sp³-hybridized carbons (Fsp3) is 0.385. The Kier molecular flexibility index (Phi) is 3.82. The summed E-state index contributed by atoms with van der Waals surface area (Å²) in [7, 11) is 0. The van der Waals surface area contributed by atoms with E-state index in [1.54, 1.807) is 6.33 Å². The van der Waals surface area contributed by atoms with Crippen molar-refractivity contribution in [2.75, 3.05) is 0 Å². The summed E-state index contributed by atoms with van der Waals surface area (Å²) < 4.78 is 2.91. The highest BCUT2D eigenvalue weighted by Gasteiger charge is 2.24. The molecule has 2 N–H and O–H groups in total. The minimum Gasteiger partial charge on any atom is -0.321 e. The van der Waals surface area contributed by atoms with Crippen LogP contribution in [0.2, 0.25) is 0 Å². The zero-order chi connectivity index (χ0) is 13.2. The molecule has 0 fully saturated rings. The minimum atomic E-state index is -0.455. The molecule has 4 nitrogen and oxygen atoms in total. The highest BCUT2D eigenvalue weighted by Crippen LogP contribution is 2.24. The molecule has 0 radical (unpaired) electrons. The van der Waals surface area contributed by atoms with E-state index in [0.717, 1.165) is 22.4 Å². The van der Waals surface area contributed by atoms with E-state index in [2.05, 4.69) is 26.0 Å². The average Bonchev–Trinajstić information content (AvgIpc) is 2.75. The van der Waals surface area contributed by atoms with Gasteiger partial charge in [-0.1, -0.05) is 28.1 Å².